The number of carbonyl (C=O) groups excluding carboxylic acids is 3. The van der Waals surface area contributed by atoms with Gasteiger partial charge in [0.25, 0.3) is 0 Å². The minimum absolute atomic E-state index is 0.299. The second-order valence-electron chi connectivity index (χ2n) is 5.21. The van der Waals surface area contributed by atoms with Gasteiger partial charge in [0.2, 0.25) is 11.8 Å². The zero-order valence-electron chi connectivity index (χ0n) is 13.5. The fraction of sp³-hybridized carbons (Fsp3) is 0.167. The minimum Gasteiger partial charge on any atom is -0.465 e. The fourth-order valence-electron chi connectivity index (χ4n) is 2.00. The molecule has 0 atom stereocenters. The third-order valence-corrected chi connectivity index (χ3v) is 3.25. The van der Waals surface area contributed by atoms with Gasteiger partial charge in [-0.1, -0.05) is 17.7 Å². The Kier molecular flexibility index (Phi) is 5.68. The molecule has 0 aliphatic heterocycles. The Labute approximate surface area is 139 Å². The maximum absolute atomic E-state index is 11.9. The van der Waals surface area contributed by atoms with E-state index in [-0.39, 0.29) is 6.42 Å². The molecule has 2 N–H and O–H groups in total. The summed E-state index contributed by atoms with van der Waals surface area (Å²) in [4.78, 5) is 35.1. The molecule has 6 heteroatoms. The smallest absolute Gasteiger partial charge is 0.337 e. The number of methoxy groups -OCH3 is 1. The van der Waals surface area contributed by atoms with Gasteiger partial charge in [0.05, 0.1) is 12.7 Å². The Morgan fingerprint density at radius 2 is 1.29 bits per heavy atom. The van der Waals surface area contributed by atoms with Crippen LogP contribution in [0.2, 0.25) is 0 Å². The Morgan fingerprint density at radius 1 is 0.833 bits per heavy atom. The number of esters is 1. The summed E-state index contributed by atoms with van der Waals surface area (Å²) in [6.45, 7) is 1.95. The molecular weight excluding hydrogens is 308 g/mol. The molecule has 0 saturated heterocycles. The zero-order chi connectivity index (χ0) is 17.5. The first-order valence-corrected chi connectivity index (χ1v) is 7.32. The first kappa shape index (κ1) is 17.2. The summed E-state index contributed by atoms with van der Waals surface area (Å²) < 4.78 is 4.59. The fourth-order valence-corrected chi connectivity index (χ4v) is 2.00. The SMILES string of the molecule is COC(=O)c1ccc(NC(=O)CC(=O)Nc2ccc(C)cc2)cc1. The van der Waals surface area contributed by atoms with E-state index < -0.39 is 17.8 Å². The summed E-state index contributed by atoms with van der Waals surface area (Å²) >= 11 is 0. The molecule has 0 aliphatic carbocycles. The van der Waals surface area contributed by atoms with E-state index in [1.165, 1.54) is 19.2 Å². The summed E-state index contributed by atoms with van der Waals surface area (Å²) in [6.07, 6.45) is -0.299. The van der Waals surface area contributed by atoms with Crippen LogP contribution < -0.4 is 10.6 Å². The van der Waals surface area contributed by atoms with Crippen molar-refractivity contribution in [2.75, 3.05) is 17.7 Å². The molecule has 124 valence electrons. The Bertz CT molecular complexity index is 737. The number of hydrogen-bond donors (Lipinski definition) is 2. The maximum atomic E-state index is 11.9. The number of anilines is 2. The largest absolute Gasteiger partial charge is 0.465 e. The van der Waals surface area contributed by atoms with Crippen molar-refractivity contribution in [3.8, 4) is 0 Å². The molecule has 0 radical (unpaired) electrons. The molecule has 0 spiro atoms. The molecule has 2 amide bonds. The molecular formula is C18H18N2O4. The zero-order valence-corrected chi connectivity index (χ0v) is 13.5. The monoisotopic (exact) mass is 326 g/mol. The van der Waals surface area contributed by atoms with Gasteiger partial charge < -0.3 is 15.4 Å². The van der Waals surface area contributed by atoms with Crippen molar-refractivity contribution in [2.24, 2.45) is 0 Å². The van der Waals surface area contributed by atoms with Crippen molar-refractivity contribution in [2.45, 2.75) is 13.3 Å². The molecule has 0 aliphatic rings. The van der Waals surface area contributed by atoms with Crippen molar-refractivity contribution in [1.82, 2.24) is 0 Å². The second kappa shape index (κ2) is 7.92. The molecule has 0 unspecified atom stereocenters. The summed E-state index contributed by atoms with van der Waals surface area (Å²) in [6, 6.07) is 13.5. The quantitative estimate of drug-likeness (QED) is 0.653. The van der Waals surface area contributed by atoms with E-state index in [1.807, 2.05) is 19.1 Å². The number of amides is 2. The van der Waals surface area contributed by atoms with Crippen LogP contribution in [-0.2, 0) is 14.3 Å². The highest BCUT2D eigenvalue weighted by Gasteiger charge is 2.11. The molecule has 0 aromatic heterocycles. The Hall–Kier alpha value is -3.15. The van der Waals surface area contributed by atoms with Crippen LogP contribution in [0.5, 0.6) is 0 Å². The van der Waals surface area contributed by atoms with Gasteiger partial charge >= 0.3 is 5.97 Å². The Morgan fingerprint density at radius 3 is 1.75 bits per heavy atom. The number of rotatable bonds is 5. The topological polar surface area (TPSA) is 84.5 Å². The van der Waals surface area contributed by atoms with Gasteiger partial charge in [0.15, 0.2) is 0 Å². The number of aryl methyl sites for hydroxylation is 1. The van der Waals surface area contributed by atoms with Crippen LogP contribution in [0, 0.1) is 6.92 Å². The third kappa shape index (κ3) is 4.95. The van der Waals surface area contributed by atoms with Crippen molar-refractivity contribution >= 4 is 29.2 Å². The van der Waals surface area contributed by atoms with Crippen LogP contribution in [0.15, 0.2) is 48.5 Å². The van der Waals surface area contributed by atoms with E-state index in [0.717, 1.165) is 5.56 Å². The van der Waals surface area contributed by atoms with E-state index in [4.69, 9.17) is 0 Å². The summed E-state index contributed by atoms with van der Waals surface area (Å²) in [7, 11) is 1.30. The molecule has 0 saturated carbocycles. The van der Waals surface area contributed by atoms with Gasteiger partial charge in [0.1, 0.15) is 6.42 Å². The van der Waals surface area contributed by atoms with E-state index >= 15 is 0 Å². The lowest BCUT2D eigenvalue weighted by molar-refractivity contribution is -0.123. The minimum atomic E-state index is -0.453. The highest BCUT2D eigenvalue weighted by atomic mass is 16.5. The van der Waals surface area contributed by atoms with Gasteiger partial charge in [-0.3, -0.25) is 9.59 Å². The van der Waals surface area contributed by atoms with Crippen molar-refractivity contribution in [1.29, 1.82) is 0 Å². The van der Waals surface area contributed by atoms with Gasteiger partial charge in [-0.25, -0.2) is 4.79 Å². The van der Waals surface area contributed by atoms with E-state index in [0.29, 0.717) is 16.9 Å². The van der Waals surface area contributed by atoms with Crippen LogP contribution in [0.3, 0.4) is 0 Å². The number of carbonyl (C=O) groups is 3. The van der Waals surface area contributed by atoms with E-state index in [9.17, 15) is 14.4 Å². The normalized spacial score (nSPS) is 9.92. The van der Waals surface area contributed by atoms with Crippen LogP contribution in [0.25, 0.3) is 0 Å². The van der Waals surface area contributed by atoms with Crippen LogP contribution in [-0.4, -0.2) is 24.9 Å². The molecule has 6 nitrogen and oxygen atoms in total. The van der Waals surface area contributed by atoms with E-state index in [1.54, 1.807) is 24.3 Å². The van der Waals surface area contributed by atoms with Gasteiger partial charge in [-0.2, -0.15) is 0 Å². The molecule has 2 aromatic carbocycles. The second-order valence-corrected chi connectivity index (χ2v) is 5.21. The summed E-state index contributed by atoms with van der Waals surface area (Å²) in [5.41, 5.74) is 2.60. The van der Waals surface area contributed by atoms with Gasteiger partial charge in [-0.05, 0) is 43.3 Å². The lowest BCUT2D eigenvalue weighted by Crippen LogP contribution is -2.21. The number of nitrogens with one attached hydrogen (secondary N) is 2. The van der Waals surface area contributed by atoms with Crippen molar-refractivity contribution < 1.29 is 19.1 Å². The number of benzene rings is 2. The first-order valence-electron chi connectivity index (χ1n) is 7.32. The van der Waals surface area contributed by atoms with Gasteiger partial charge in [-0.15, -0.1) is 0 Å². The average Bonchev–Trinajstić information content (AvgIpc) is 2.56. The third-order valence-electron chi connectivity index (χ3n) is 3.25. The molecule has 0 bridgehead atoms. The van der Waals surface area contributed by atoms with Crippen molar-refractivity contribution in [3.05, 3.63) is 59.7 Å². The number of ether oxygens (including phenoxy) is 1. The highest BCUT2D eigenvalue weighted by Crippen LogP contribution is 2.12. The van der Waals surface area contributed by atoms with E-state index in [2.05, 4.69) is 15.4 Å². The lowest BCUT2D eigenvalue weighted by atomic mass is 10.2. The lowest BCUT2D eigenvalue weighted by Gasteiger charge is -2.07. The summed E-state index contributed by atoms with van der Waals surface area (Å²) in [5, 5.41) is 5.26. The molecule has 2 aromatic rings. The molecule has 2 rings (SSSR count). The molecule has 0 fully saturated rings. The predicted molar refractivity (Wildman–Crippen MR) is 90.8 cm³/mol. The molecule has 0 heterocycles. The summed E-state index contributed by atoms with van der Waals surface area (Å²) in [5.74, 6) is -1.29. The highest BCUT2D eigenvalue weighted by molar-refractivity contribution is 6.08. The predicted octanol–water partition coefficient (Wildman–Crippen LogP) is 2.75. The van der Waals surface area contributed by atoms with Crippen LogP contribution in [0.1, 0.15) is 22.3 Å². The molecule has 24 heavy (non-hydrogen) atoms. The maximum Gasteiger partial charge on any atom is 0.337 e. The average molecular weight is 326 g/mol. The number of hydrogen-bond acceptors (Lipinski definition) is 4. The van der Waals surface area contributed by atoms with Crippen LogP contribution >= 0.6 is 0 Å². The van der Waals surface area contributed by atoms with Crippen LogP contribution in [0.4, 0.5) is 11.4 Å². The standard InChI is InChI=1S/C18H18N2O4/c1-12-3-7-14(8-4-12)19-16(21)11-17(22)20-15-9-5-13(6-10-15)18(23)24-2/h3-10H,11H2,1-2H3,(H,19,21)(H,20,22). The first-order chi connectivity index (χ1) is 11.5. The van der Waals surface area contributed by atoms with Gasteiger partial charge in [0, 0.05) is 11.4 Å². The Balaban J connectivity index is 1.87. The van der Waals surface area contributed by atoms with Crippen molar-refractivity contribution in [3.63, 3.8) is 0 Å².